The molecule has 1 aromatic carbocycles. The molecule has 2 aliphatic rings. The smallest absolute Gasteiger partial charge is 0.257 e. The SMILES string of the molecule is O=C1C2CSCC2=NN1c1ccccc1Br. The van der Waals surface area contributed by atoms with Gasteiger partial charge in [0.15, 0.2) is 0 Å². The first-order chi connectivity index (χ1) is 7.77. The first-order valence-corrected chi connectivity index (χ1v) is 6.96. The highest BCUT2D eigenvalue weighted by molar-refractivity contribution is 9.10. The number of rotatable bonds is 1. The molecule has 0 spiro atoms. The number of amides is 1. The van der Waals surface area contributed by atoms with E-state index in [1.807, 2.05) is 24.3 Å². The van der Waals surface area contributed by atoms with Gasteiger partial charge in [0.2, 0.25) is 0 Å². The van der Waals surface area contributed by atoms with Crippen LogP contribution in [0.2, 0.25) is 0 Å². The second-order valence-corrected chi connectivity index (χ2v) is 5.65. The number of para-hydroxylation sites is 1. The van der Waals surface area contributed by atoms with Crippen LogP contribution in [0.25, 0.3) is 0 Å². The number of hydrogen-bond acceptors (Lipinski definition) is 3. The topological polar surface area (TPSA) is 32.7 Å². The summed E-state index contributed by atoms with van der Waals surface area (Å²) in [5, 5.41) is 5.94. The van der Waals surface area contributed by atoms with Crippen molar-refractivity contribution in [3.05, 3.63) is 28.7 Å². The van der Waals surface area contributed by atoms with Gasteiger partial charge in [-0.3, -0.25) is 4.79 Å². The average Bonchev–Trinajstić information content (AvgIpc) is 2.83. The van der Waals surface area contributed by atoms with Crippen LogP contribution in [0.15, 0.2) is 33.8 Å². The van der Waals surface area contributed by atoms with E-state index in [1.165, 1.54) is 5.01 Å². The third-order valence-corrected chi connectivity index (χ3v) is 4.49. The third-order valence-electron chi connectivity index (χ3n) is 2.75. The van der Waals surface area contributed by atoms with Crippen molar-refractivity contribution in [2.45, 2.75) is 0 Å². The Labute approximate surface area is 106 Å². The molecule has 0 bridgehead atoms. The zero-order valence-corrected chi connectivity index (χ0v) is 10.8. The van der Waals surface area contributed by atoms with Gasteiger partial charge < -0.3 is 0 Å². The highest BCUT2D eigenvalue weighted by Gasteiger charge is 2.40. The summed E-state index contributed by atoms with van der Waals surface area (Å²) in [6.07, 6.45) is 0. The highest BCUT2D eigenvalue weighted by atomic mass is 79.9. The molecule has 3 nitrogen and oxygen atoms in total. The Bertz CT molecular complexity index is 489. The molecule has 0 aliphatic carbocycles. The van der Waals surface area contributed by atoms with Crippen LogP contribution in [0.5, 0.6) is 0 Å². The van der Waals surface area contributed by atoms with E-state index in [4.69, 9.17) is 0 Å². The van der Waals surface area contributed by atoms with E-state index in [0.717, 1.165) is 27.4 Å². The van der Waals surface area contributed by atoms with Gasteiger partial charge in [0.1, 0.15) is 0 Å². The van der Waals surface area contributed by atoms with Crippen LogP contribution in [0.1, 0.15) is 0 Å². The van der Waals surface area contributed by atoms with Crippen molar-refractivity contribution in [2.75, 3.05) is 16.5 Å². The maximum Gasteiger partial charge on any atom is 0.257 e. The molecule has 2 heterocycles. The summed E-state index contributed by atoms with van der Waals surface area (Å²) in [6, 6.07) is 7.67. The monoisotopic (exact) mass is 296 g/mol. The Morgan fingerprint density at radius 3 is 3.00 bits per heavy atom. The van der Waals surface area contributed by atoms with Gasteiger partial charge in [-0.15, -0.1) is 0 Å². The predicted molar refractivity (Wildman–Crippen MR) is 69.9 cm³/mol. The van der Waals surface area contributed by atoms with Gasteiger partial charge in [-0.05, 0) is 28.1 Å². The number of nitrogens with zero attached hydrogens (tertiary/aromatic N) is 2. The van der Waals surface area contributed by atoms with E-state index in [1.54, 1.807) is 11.8 Å². The summed E-state index contributed by atoms with van der Waals surface area (Å²) in [6.45, 7) is 0. The molecule has 2 aliphatic heterocycles. The van der Waals surface area contributed by atoms with Gasteiger partial charge in [-0.25, -0.2) is 0 Å². The van der Waals surface area contributed by atoms with Gasteiger partial charge in [-0.1, -0.05) is 12.1 Å². The normalized spacial score (nSPS) is 23.6. The first-order valence-electron chi connectivity index (χ1n) is 5.01. The van der Waals surface area contributed by atoms with Crippen LogP contribution >= 0.6 is 27.7 Å². The minimum atomic E-state index is 0.0112. The second kappa shape index (κ2) is 3.89. The molecule has 0 N–H and O–H groups in total. The number of benzene rings is 1. The standard InChI is InChI=1S/C11H9BrN2OS/c12-8-3-1-2-4-10(8)14-11(15)7-5-16-6-9(7)13-14/h1-4,7H,5-6H2. The first kappa shape index (κ1) is 10.4. The van der Waals surface area contributed by atoms with E-state index < -0.39 is 0 Å². The van der Waals surface area contributed by atoms with E-state index >= 15 is 0 Å². The molecule has 1 unspecified atom stereocenters. The van der Waals surface area contributed by atoms with Gasteiger partial charge in [0.05, 0.1) is 17.3 Å². The largest absolute Gasteiger partial charge is 0.272 e. The van der Waals surface area contributed by atoms with Gasteiger partial charge in [-0.2, -0.15) is 21.9 Å². The number of anilines is 1. The maximum absolute atomic E-state index is 12.1. The number of hydrogen-bond donors (Lipinski definition) is 0. The maximum atomic E-state index is 12.1. The van der Waals surface area contributed by atoms with E-state index in [9.17, 15) is 4.79 Å². The molecule has 1 aromatic rings. The summed E-state index contributed by atoms with van der Waals surface area (Å²) in [5.41, 5.74) is 1.85. The van der Waals surface area contributed by atoms with Gasteiger partial charge in [0.25, 0.3) is 5.91 Å². The Balaban J connectivity index is 2.01. The van der Waals surface area contributed by atoms with E-state index in [-0.39, 0.29) is 11.8 Å². The number of halogens is 1. The Hall–Kier alpha value is -0.810. The van der Waals surface area contributed by atoms with Crippen LogP contribution in [0.3, 0.4) is 0 Å². The van der Waals surface area contributed by atoms with Gasteiger partial charge >= 0.3 is 0 Å². The van der Waals surface area contributed by atoms with Crippen LogP contribution in [0, 0.1) is 5.92 Å². The zero-order valence-electron chi connectivity index (χ0n) is 8.39. The lowest BCUT2D eigenvalue weighted by molar-refractivity contribution is -0.119. The van der Waals surface area contributed by atoms with Crippen molar-refractivity contribution in [1.82, 2.24) is 0 Å². The molecule has 3 rings (SSSR count). The minimum Gasteiger partial charge on any atom is -0.272 e. The highest BCUT2D eigenvalue weighted by Crippen LogP contribution is 2.34. The molecule has 5 heteroatoms. The number of thioether (sulfide) groups is 1. The van der Waals surface area contributed by atoms with Crippen molar-refractivity contribution >= 4 is 45.0 Å². The predicted octanol–water partition coefficient (Wildman–Crippen LogP) is 2.51. The molecule has 16 heavy (non-hydrogen) atoms. The van der Waals surface area contributed by atoms with E-state index in [0.29, 0.717) is 0 Å². The Kier molecular flexibility index (Phi) is 2.52. The molecule has 1 atom stereocenters. The summed E-state index contributed by atoms with van der Waals surface area (Å²) < 4.78 is 0.903. The molecule has 1 fully saturated rings. The number of carbonyl (C=O) groups excluding carboxylic acids is 1. The fraction of sp³-hybridized carbons (Fsp3) is 0.273. The summed E-state index contributed by atoms with van der Waals surface area (Å²) >= 11 is 5.23. The van der Waals surface area contributed by atoms with Crippen LogP contribution < -0.4 is 5.01 Å². The molecule has 0 saturated carbocycles. The summed E-state index contributed by atoms with van der Waals surface area (Å²) in [7, 11) is 0. The molecule has 1 amide bonds. The Morgan fingerprint density at radius 1 is 1.44 bits per heavy atom. The third kappa shape index (κ3) is 1.50. The fourth-order valence-electron chi connectivity index (χ4n) is 1.91. The van der Waals surface area contributed by atoms with Crippen molar-refractivity contribution < 1.29 is 4.79 Å². The summed E-state index contributed by atoms with van der Waals surface area (Å²) in [4.78, 5) is 12.1. The molecule has 0 radical (unpaired) electrons. The van der Waals surface area contributed by atoms with Crippen LogP contribution in [0.4, 0.5) is 5.69 Å². The van der Waals surface area contributed by atoms with Gasteiger partial charge in [0, 0.05) is 16.0 Å². The average molecular weight is 297 g/mol. The van der Waals surface area contributed by atoms with Crippen molar-refractivity contribution in [2.24, 2.45) is 11.0 Å². The second-order valence-electron chi connectivity index (χ2n) is 3.76. The quantitative estimate of drug-likeness (QED) is 0.798. The fourth-order valence-corrected chi connectivity index (χ4v) is 3.52. The van der Waals surface area contributed by atoms with E-state index in [2.05, 4.69) is 21.0 Å². The lowest BCUT2D eigenvalue weighted by Gasteiger charge is -2.14. The molecular formula is C11H9BrN2OS. The summed E-state index contributed by atoms with van der Waals surface area (Å²) in [5.74, 6) is 1.87. The lowest BCUT2D eigenvalue weighted by Crippen LogP contribution is -2.27. The molecule has 0 aromatic heterocycles. The lowest BCUT2D eigenvalue weighted by atomic mass is 10.1. The van der Waals surface area contributed by atoms with Crippen LogP contribution in [-0.4, -0.2) is 23.1 Å². The van der Waals surface area contributed by atoms with Crippen molar-refractivity contribution in [3.8, 4) is 0 Å². The molecule has 82 valence electrons. The number of fused-ring (bicyclic) bond motifs is 1. The van der Waals surface area contributed by atoms with Crippen LogP contribution in [-0.2, 0) is 4.79 Å². The number of hydrazone groups is 1. The van der Waals surface area contributed by atoms with Crippen molar-refractivity contribution in [3.63, 3.8) is 0 Å². The Morgan fingerprint density at radius 2 is 2.25 bits per heavy atom. The molecular weight excluding hydrogens is 288 g/mol. The van der Waals surface area contributed by atoms with Crippen molar-refractivity contribution in [1.29, 1.82) is 0 Å². The minimum absolute atomic E-state index is 0.0112. The zero-order chi connectivity index (χ0) is 11.1. The number of carbonyl (C=O) groups is 1. The molecule has 1 saturated heterocycles.